The number of aromatic nitrogens is 1. The summed E-state index contributed by atoms with van der Waals surface area (Å²) in [5.41, 5.74) is 0. The van der Waals surface area contributed by atoms with Crippen LogP contribution in [0.3, 0.4) is 0 Å². The van der Waals surface area contributed by atoms with E-state index in [1.165, 1.54) is 0 Å². The van der Waals surface area contributed by atoms with Gasteiger partial charge in [0, 0.05) is 23.7 Å². The molecular formula is C17H24N4O2S. The molecule has 2 saturated carbocycles. The van der Waals surface area contributed by atoms with Crippen molar-refractivity contribution in [2.45, 2.75) is 63.6 Å². The van der Waals surface area contributed by atoms with Crippen molar-refractivity contribution in [1.29, 1.82) is 0 Å². The molecule has 2 heterocycles. The van der Waals surface area contributed by atoms with Crippen molar-refractivity contribution in [3.8, 4) is 0 Å². The van der Waals surface area contributed by atoms with Crippen LogP contribution in [0.2, 0.25) is 0 Å². The Morgan fingerprint density at radius 2 is 2.08 bits per heavy atom. The van der Waals surface area contributed by atoms with Crippen molar-refractivity contribution in [3.05, 3.63) is 16.1 Å². The Kier molecular flexibility index (Phi) is 4.20. The van der Waals surface area contributed by atoms with E-state index in [-0.39, 0.29) is 24.0 Å². The minimum absolute atomic E-state index is 0.0102. The van der Waals surface area contributed by atoms with E-state index in [2.05, 4.69) is 15.6 Å². The molecule has 3 aliphatic rings. The van der Waals surface area contributed by atoms with Gasteiger partial charge < -0.3 is 15.5 Å². The maximum atomic E-state index is 12.8. The van der Waals surface area contributed by atoms with Gasteiger partial charge in [-0.15, -0.1) is 11.3 Å². The van der Waals surface area contributed by atoms with Gasteiger partial charge >= 0.3 is 6.03 Å². The SMILES string of the molecule is Cc1cnc([C@H](NC(=O)N2CCC[C@H]2C(=O)NC2CC2)C2CC2)s1. The number of amides is 3. The van der Waals surface area contributed by atoms with Gasteiger partial charge in [-0.3, -0.25) is 4.79 Å². The smallest absolute Gasteiger partial charge is 0.318 e. The average molecular weight is 348 g/mol. The van der Waals surface area contributed by atoms with Crippen LogP contribution >= 0.6 is 11.3 Å². The fraction of sp³-hybridized carbons (Fsp3) is 0.706. The molecule has 7 heteroatoms. The molecule has 4 rings (SSSR count). The number of hydrogen-bond donors (Lipinski definition) is 2. The first-order chi connectivity index (χ1) is 11.6. The first kappa shape index (κ1) is 15.9. The number of thiazole rings is 1. The number of hydrogen-bond acceptors (Lipinski definition) is 4. The second-order valence-electron chi connectivity index (χ2n) is 7.21. The number of nitrogens with zero attached hydrogens (tertiary/aromatic N) is 2. The number of carbonyl (C=O) groups is 2. The summed E-state index contributed by atoms with van der Waals surface area (Å²) in [6.45, 7) is 2.69. The third kappa shape index (κ3) is 3.41. The largest absolute Gasteiger partial charge is 0.352 e. The standard InChI is InChI=1S/C17H24N4O2S/c1-10-9-18-16(24-10)14(11-4-5-11)20-17(23)21-8-2-3-13(21)15(22)19-12-6-7-12/h9,11-14H,2-8H2,1H3,(H,19,22)(H,20,23)/t13-,14+/m0/s1. The molecule has 2 atom stereocenters. The fourth-order valence-electron chi connectivity index (χ4n) is 3.35. The van der Waals surface area contributed by atoms with Gasteiger partial charge in [0.2, 0.25) is 5.91 Å². The van der Waals surface area contributed by atoms with E-state index < -0.39 is 0 Å². The molecule has 0 radical (unpaired) electrons. The highest BCUT2D eigenvalue weighted by Crippen LogP contribution is 2.42. The number of likely N-dealkylation sites (tertiary alicyclic amines) is 1. The monoisotopic (exact) mass is 348 g/mol. The number of carbonyl (C=O) groups excluding carboxylic acids is 2. The van der Waals surface area contributed by atoms with E-state index in [1.54, 1.807) is 16.2 Å². The van der Waals surface area contributed by atoms with Crippen LogP contribution < -0.4 is 10.6 Å². The summed E-state index contributed by atoms with van der Waals surface area (Å²) in [7, 11) is 0. The van der Waals surface area contributed by atoms with Gasteiger partial charge in [-0.25, -0.2) is 9.78 Å². The molecule has 1 saturated heterocycles. The zero-order valence-corrected chi connectivity index (χ0v) is 14.8. The Morgan fingerprint density at radius 1 is 1.29 bits per heavy atom. The molecular weight excluding hydrogens is 324 g/mol. The molecule has 0 unspecified atom stereocenters. The van der Waals surface area contributed by atoms with Crippen LogP contribution in [0.15, 0.2) is 6.20 Å². The normalized spacial score (nSPS) is 24.7. The number of nitrogens with one attached hydrogen (secondary N) is 2. The summed E-state index contributed by atoms with van der Waals surface area (Å²) >= 11 is 1.65. The third-order valence-corrected chi connectivity index (χ3v) is 6.01. The number of rotatable bonds is 5. The summed E-state index contributed by atoms with van der Waals surface area (Å²) in [5.74, 6) is 0.499. The van der Waals surface area contributed by atoms with E-state index in [0.717, 1.165) is 48.4 Å². The highest BCUT2D eigenvalue weighted by atomic mass is 32.1. The second kappa shape index (κ2) is 6.35. The average Bonchev–Trinajstić information content (AvgIpc) is 3.46. The first-order valence-electron chi connectivity index (χ1n) is 8.91. The van der Waals surface area contributed by atoms with E-state index in [0.29, 0.717) is 18.5 Å². The quantitative estimate of drug-likeness (QED) is 0.858. The maximum absolute atomic E-state index is 12.8. The van der Waals surface area contributed by atoms with Crippen molar-refractivity contribution >= 4 is 23.3 Å². The lowest BCUT2D eigenvalue weighted by molar-refractivity contribution is -0.124. The molecule has 0 aromatic carbocycles. The van der Waals surface area contributed by atoms with Gasteiger partial charge in [0.05, 0.1) is 6.04 Å². The van der Waals surface area contributed by atoms with Crippen molar-refractivity contribution in [1.82, 2.24) is 20.5 Å². The Bertz CT molecular complexity index is 638. The Hall–Kier alpha value is -1.63. The molecule has 130 valence electrons. The summed E-state index contributed by atoms with van der Waals surface area (Å²) in [5, 5.41) is 7.18. The third-order valence-electron chi connectivity index (χ3n) is 5.02. The van der Waals surface area contributed by atoms with Gasteiger partial charge in [-0.05, 0) is 51.4 Å². The maximum Gasteiger partial charge on any atom is 0.318 e. The van der Waals surface area contributed by atoms with Crippen molar-refractivity contribution in [3.63, 3.8) is 0 Å². The van der Waals surface area contributed by atoms with Crippen molar-refractivity contribution < 1.29 is 9.59 Å². The molecule has 2 N–H and O–H groups in total. The van der Waals surface area contributed by atoms with Crippen molar-refractivity contribution in [2.75, 3.05) is 6.54 Å². The summed E-state index contributed by atoms with van der Waals surface area (Å²) < 4.78 is 0. The zero-order chi connectivity index (χ0) is 16.7. The molecule has 1 aliphatic heterocycles. The second-order valence-corrected chi connectivity index (χ2v) is 8.47. The molecule has 3 amide bonds. The first-order valence-corrected chi connectivity index (χ1v) is 9.73. The van der Waals surface area contributed by atoms with Gasteiger partial charge in [-0.2, -0.15) is 0 Å². The van der Waals surface area contributed by atoms with Crippen molar-refractivity contribution in [2.24, 2.45) is 5.92 Å². The van der Waals surface area contributed by atoms with Crippen LogP contribution in [0.4, 0.5) is 4.79 Å². The van der Waals surface area contributed by atoms with Crippen LogP contribution in [-0.4, -0.2) is 40.5 Å². The minimum atomic E-state index is -0.316. The molecule has 6 nitrogen and oxygen atoms in total. The van der Waals surface area contributed by atoms with E-state index in [9.17, 15) is 9.59 Å². The lowest BCUT2D eigenvalue weighted by Gasteiger charge is -2.26. The van der Waals surface area contributed by atoms with E-state index in [4.69, 9.17) is 0 Å². The minimum Gasteiger partial charge on any atom is -0.352 e. The van der Waals surface area contributed by atoms with Gasteiger partial charge in [-0.1, -0.05) is 0 Å². The Labute approximate surface area is 146 Å². The summed E-state index contributed by atoms with van der Waals surface area (Å²) in [6, 6.07) is -0.110. The van der Waals surface area contributed by atoms with Crippen LogP contribution in [0.25, 0.3) is 0 Å². The molecule has 2 aliphatic carbocycles. The van der Waals surface area contributed by atoms with Crippen LogP contribution in [0.5, 0.6) is 0 Å². The Morgan fingerprint density at radius 3 is 2.71 bits per heavy atom. The highest BCUT2D eigenvalue weighted by molar-refractivity contribution is 7.11. The number of urea groups is 1. The van der Waals surface area contributed by atoms with Gasteiger partial charge in [0.15, 0.2) is 0 Å². The highest BCUT2D eigenvalue weighted by Gasteiger charge is 2.40. The van der Waals surface area contributed by atoms with E-state index >= 15 is 0 Å². The molecule has 3 fully saturated rings. The van der Waals surface area contributed by atoms with E-state index in [1.807, 2.05) is 13.1 Å². The van der Waals surface area contributed by atoms with Gasteiger partial charge in [0.1, 0.15) is 11.0 Å². The topological polar surface area (TPSA) is 74.3 Å². The summed E-state index contributed by atoms with van der Waals surface area (Å²) in [6.07, 6.45) is 7.92. The van der Waals surface area contributed by atoms with Crippen LogP contribution in [0, 0.1) is 12.8 Å². The van der Waals surface area contributed by atoms with Crippen LogP contribution in [-0.2, 0) is 4.79 Å². The molecule has 0 bridgehead atoms. The predicted molar refractivity (Wildman–Crippen MR) is 91.7 cm³/mol. The molecule has 24 heavy (non-hydrogen) atoms. The fourth-order valence-corrected chi connectivity index (χ4v) is 4.27. The molecule has 1 aromatic heterocycles. The summed E-state index contributed by atoms with van der Waals surface area (Å²) in [4.78, 5) is 32.5. The Balaban J connectivity index is 1.42. The molecule has 0 spiro atoms. The van der Waals surface area contributed by atoms with Gasteiger partial charge in [0.25, 0.3) is 0 Å². The predicted octanol–water partition coefficient (Wildman–Crippen LogP) is 2.36. The lowest BCUT2D eigenvalue weighted by Crippen LogP contribution is -2.50. The molecule has 1 aromatic rings. The van der Waals surface area contributed by atoms with Crippen LogP contribution in [0.1, 0.15) is 54.5 Å². The lowest BCUT2D eigenvalue weighted by atomic mass is 10.2. The number of aryl methyl sites for hydroxylation is 1. The zero-order valence-electron chi connectivity index (χ0n) is 14.0.